The van der Waals surface area contributed by atoms with Crippen molar-refractivity contribution in [2.24, 2.45) is 5.92 Å². The molecule has 1 aliphatic carbocycles. The Labute approximate surface area is 115 Å². The SMILES string of the molecule is C[C@H](NCc1cn2ccccc2n1)C1CCCCC1. The molecule has 3 heteroatoms. The minimum atomic E-state index is 0.602. The quantitative estimate of drug-likeness (QED) is 0.909. The van der Waals surface area contributed by atoms with Gasteiger partial charge in [-0.15, -0.1) is 0 Å². The second-order valence-corrected chi connectivity index (χ2v) is 5.77. The van der Waals surface area contributed by atoms with Crippen LogP contribution in [0.2, 0.25) is 0 Å². The molecule has 1 fully saturated rings. The van der Waals surface area contributed by atoms with Gasteiger partial charge in [0.25, 0.3) is 0 Å². The number of nitrogens with one attached hydrogen (secondary N) is 1. The van der Waals surface area contributed by atoms with Gasteiger partial charge in [-0.05, 0) is 37.8 Å². The van der Waals surface area contributed by atoms with Crippen LogP contribution in [0.15, 0.2) is 30.6 Å². The molecule has 0 unspecified atom stereocenters. The predicted octanol–water partition coefficient (Wildman–Crippen LogP) is 3.39. The van der Waals surface area contributed by atoms with Gasteiger partial charge in [0.1, 0.15) is 5.65 Å². The molecule has 2 aromatic rings. The summed E-state index contributed by atoms with van der Waals surface area (Å²) in [6.45, 7) is 3.20. The van der Waals surface area contributed by atoms with Crippen molar-refractivity contribution in [1.29, 1.82) is 0 Å². The van der Waals surface area contributed by atoms with Crippen LogP contribution in [-0.4, -0.2) is 15.4 Å². The zero-order valence-corrected chi connectivity index (χ0v) is 11.7. The van der Waals surface area contributed by atoms with Crippen molar-refractivity contribution in [3.63, 3.8) is 0 Å². The molecule has 19 heavy (non-hydrogen) atoms. The van der Waals surface area contributed by atoms with Crippen molar-refractivity contribution in [3.8, 4) is 0 Å². The normalized spacial score (nSPS) is 18.8. The van der Waals surface area contributed by atoms with Crippen molar-refractivity contribution >= 4 is 5.65 Å². The highest BCUT2D eigenvalue weighted by atomic mass is 15.0. The molecule has 102 valence electrons. The summed E-state index contributed by atoms with van der Waals surface area (Å²) in [5.41, 5.74) is 2.17. The van der Waals surface area contributed by atoms with Gasteiger partial charge in [0.2, 0.25) is 0 Å². The van der Waals surface area contributed by atoms with E-state index in [-0.39, 0.29) is 0 Å². The van der Waals surface area contributed by atoms with Crippen molar-refractivity contribution in [1.82, 2.24) is 14.7 Å². The first-order valence-electron chi connectivity index (χ1n) is 7.49. The van der Waals surface area contributed by atoms with Gasteiger partial charge in [-0.1, -0.05) is 25.3 Å². The van der Waals surface area contributed by atoms with Gasteiger partial charge < -0.3 is 9.72 Å². The Hall–Kier alpha value is -1.35. The molecule has 0 amide bonds. The van der Waals surface area contributed by atoms with Crippen LogP contribution in [0, 0.1) is 5.92 Å². The highest BCUT2D eigenvalue weighted by Gasteiger charge is 2.19. The highest BCUT2D eigenvalue weighted by molar-refractivity contribution is 5.39. The van der Waals surface area contributed by atoms with E-state index in [9.17, 15) is 0 Å². The van der Waals surface area contributed by atoms with Gasteiger partial charge >= 0.3 is 0 Å². The van der Waals surface area contributed by atoms with E-state index in [1.165, 1.54) is 32.1 Å². The Balaban J connectivity index is 1.58. The average Bonchev–Trinajstić information content (AvgIpc) is 2.88. The number of fused-ring (bicyclic) bond motifs is 1. The Morgan fingerprint density at radius 2 is 2.16 bits per heavy atom. The minimum Gasteiger partial charge on any atom is -0.308 e. The maximum Gasteiger partial charge on any atom is 0.137 e. The fourth-order valence-corrected chi connectivity index (χ4v) is 3.14. The molecule has 0 aromatic carbocycles. The van der Waals surface area contributed by atoms with Gasteiger partial charge in [0.05, 0.1) is 5.69 Å². The average molecular weight is 257 g/mol. The summed E-state index contributed by atoms with van der Waals surface area (Å²) in [5.74, 6) is 0.853. The van der Waals surface area contributed by atoms with Crippen LogP contribution in [0.5, 0.6) is 0 Å². The number of imidazole rings is 1. The van der Waals surface area contributed by atoms with Gasteiger partial charge in [-0.25, -0.2) is 4.98 Å². The third kappa shape index (κ3) is 2.98. The molecule has 1 aliphatic rings. The maximum absolute atomic E-state index is 4.63. The van der Waals surface area contributed by atoms with Crippen LogP contribution in [0.3, 0.4) is 0 Å². The summed E-state index contributed by atoms with van der Waals surface area (Å²) < 4.78 is 2.09. The van der Waals surface area contributed by atoms with E-state index < -0.39 is 0 Å². The lowest BCUT2D eigenvalue weighted by atomic mass is 9.84. The van der Waals surface area contributed by atoms with E-state index in [4.69, 9.17) is 0 Å². The third-order valence-corrected chi connectivity index (χ3v) is 4.38. The molecule has 1 saturated carbocycles. The summed E-state index contributed by atoms with van der Waals surface area (Å²) in [5, 5.41) is 3.65. The first-order valence-corrected chi connectivity index (χ1v) is 7.49. The maximum atomic E-state index is 4.63. The van der Waals surface area contributed by atoms with Crippen LogP contribution in [-0.2, 0) is 6.54 Å². The zero-order chi connectivity index (χ0) is 13.1. The molecule has 0 saturated heterocycles. The highest BCUT2D eigenvalue weighted by Crippen LogP contribution is 2.26. The summed E-state index contributed by atoms with van der Waals surface area (Å²) in [4.78, 5) is 4.63. The van der Waals surface area contributed by atoms with E-state index in [0.29, 0.717) is 6.04 Å². The molecule has 2 heterocycles. The fourth-order valence-electron chi connectivity index (χ4n) is 3.14. The second-order valence-electron chi connectivity index (χ2n) is 5.77. The summed E-state index contributed by atoms with van der Waals surface area (Å²) in [7, 11) is 0. The molecule has 2 aromatic heterocycles. The van der Waals surface area contributed by atoms with E-state index in [1.54, 1.807) is 0 Å². The lowest BCUT2D eigenvalue weighted by molar-refractivity contribution is 0.280. The molecule has 0 radical (unpaired) electrons. The van der Waals surface area contributed by atoms with Gasteiger partial charge in [0, 0.05) is 25.0 Å². The largest absolute Gasteiger partial charge is 0.308 e. The minimum absolute atomic E-state index is 0.602. The first-order chi connectivity index (χ1) is 9.33. The number of hydrogen-bond donors (Lipinski definition) is 1. The van der Waals surface area contributed by atoms with Crippen LogP contribution >= 0.6 is 0 Å². The monoisotopic (exact) mass is 257 g/mol. The number of nitrogens with zero attached hydrogens (tertiary/aromatic N) is 2. The lowest BCUT2D eigenvalue weighted by Gasteiger charge is -2.28. The molecule has 0 bridgehead atoms. The molecule has 1 N–H and O–H groups in total. The first kappa shape index (κ1) is 12.7. The van der Waals surface area contributed by atoms with E-state index >= 15 is 0 Å². The summed E-state index contributed by atoms with van der Waals surface area (Å²) >= 11 is 0. The van der Waals surface area contributed by atoms with Crippen LogP contribution < -0.4 is 5.32 Å². The Bertz CT molecular complexity index is 493. The van der Waals surface area contributed by atoms with Gasteiger partial charge in [-0.3, -0.25) is 0 Å². The van der Waals surface area contributed by atoms with E-state index in [0.717, 1.165) is 23.8 Å². The van der Waals surface area contributed by atoms with Crippen molar-refractivity contribution < 1.29 is 0 Å². The van der Waals surface area contributed by atoms with E-state index in [1.807, 2.05) is 18.2 Å². The van der Waals surface area contributed by atoms with Crippen LogP contribution in [0.4, 0.5) is 0 Å². The second kappa shape index (κ2) is 5.74. The molecule has 1 atom stereocenters. The van der Waals surface area contributed by atoms with Gasteiger partial charge in [-0.2, -0.15) is 0 Å². The molecular formula is C16H23N3. The lowest BCUT2D eigenvalue weighted by Crippen LogP contribution is -2.34. The number of pyridine rings is 1. The number of rotatable bonds is 4. The van der Waals surface area contributed by atoms with Crippen LogP contribution in [0.1, 0.15) is 44.7 Å². The summed E-state index contributed by atoms with van der Waals surface area (Å²) in [6.07, 6.45) is 11.2. The topological polar surface area (TPSA) is 29.3 Å². The molecule has 0 spiro atoms. The standard InChI is InChI=1S/C16H23N3/c1-13(14-7-3-2-4-8-14)17-11-15-12-19-10-6-5-9-16(19)18-15/h5-6,9-10,12-14,17H,2-4,7-8,11H2,1H3/t13-/m0/s1. The van der Waals surface area contributed by atoms with Crippen molar-refractivity contribution in [2.45, 2.75) is 51.6 Å². The predicted molar refractivity (Wildman–Crippen MR) is 78.1 cm³/mol. The summed E-state index contributed by atoms with van der Waals surface area (Å²) in [6, 6.07) is 6.72. The Morgan fingerprint density at radius 3 is 2.95 bits per heavy atom. The Morgan fingerprint density at radius 1 is 1.32 bits per heavy atom. The molecule has 3 nitrogen and oxygen atoms in total. The van der Waals surface area contributed by atoms with Gasteiger partial charge in [0.15, 0.2) is 0 Å². The van der Waals surface area contributed by atoms with Crippen LogP contribution in [0.25, 0.3) is 5.65 Å². The molecular weight excluding hydrogens is 234 g/mol. The molecule has 3 rings (SSSR count). The fraction of sp³-hybridized carbons (Fsp3) is 0.562. The zero-order valence-electron chi connectivity index (χ0n) is 11.7. The molecule has 0 aliphatic heterocycles. The Kier molecular flexibility index (Phi) is 3.83. The van der Waals surface area contributed by atoms with Crippen molar-refractivity contribution in [3.05, 3.63) is 36.3 Å². The third-order valence-electron chi connectivity index (χ3n) is 4.38. The number of hydrogen-bond acceptors (Lipinski definition) is 2. The van der Waals surface area contributed by atoms with E-state index in [2.05, 4.69) is 34.0 Å². The smallest absolute Gasteiger partial charge is 0.137 e. The van der Waals surface area contributed by atoms with Crippen molar-refractivity contribution in [2.75, 3.05) is 0 Å². The number of aromatic nitrogens is 2.